The number of likely N-dealkylation sites (tertiary alicyclic amines) is 2. The highest BCUT2D eigenvalue weighted by atomic mass is 16.2. The minimum Gasteiger partial charge on any atom is -0.351 e. The summed E-state index contributed by atoms with van der Waals surface area (Å²) in [6.07, 6.45) is 3.94. The van der Waals surface area contributed by atoms with Crippen molar-refractivity contribution in [3.8, 4) is 0 Å². The van der Waals surface area contributed by atoms with E-state index in [0.29, 0.717) is 12.8 Å². The first kappa shape index (κ1) is 11.9. The van der Waals surface area contributed by atoms with Gasteiger partial charge in [0.25, 0.3) is 0 Å². The van der Waals surface area contributed by atoms with Crippen molar-refractivity contribution in [3.05, 3.63) is 0 Å². The van der Waals surface area contributed by atoms with Crippen molar-refractivity contribution in [3.63, 3.8) is 0 Å². The summed E-state index contributed by atoms with van der Waals surface area (Å²) in [5, 5.41) is 7.73. The zero-order valence-corrected chi connectivity index (χ0v) is 9.82. The minimum absolute atomic E-state index is 0.0502. The van der Waals surface area contributed by atoms with E-state index in [9.17, 15) is 9.59 Å². The van der Waals surface area contributed by atoms with Crippen molar-refractivity contribution < 1.29 is 9.59 Å². The standard InChI is InChI=1S/C11H18N4O2/c12-9-5-3-4-8(15(9)11(13)17)10(16)14-6-1-2-7-14/h8,12H,1-7H2,(H2,13,17). The number of nitrogens with two attached hydrogens (primary N) is 1. The molecule has 1 unspecified atom stereocenters. The Morgan fingerprint density at radius 3 is 2.47 bits per heavy atom. The molecule has 2 rings (SSSR count). The van der Waals surface area contributed by atoms with Crippen LogP contribution in [0.1, 0.15) is 32.1 Å². The molecular formula is C11H18N4O2. The summed E-state index contributed by atoms with van der Waals surface area (Å²) in [4.78, 5) is 26.5. The zero-order chi connectivity index (χ0) is 12.4. The molecule has 6 nitrogen and oxygen atoms in total. The van der Waals surface area contributed by atoms with E-state index in [1.807, 2.05) is 0 Å². The normalized spacial score (nSPS) is 25.2. The van der Waals surface area contributed by atoms with Crippen LogP contribution in [0.2, 0.25) is 0 Å². The van der Waals surface area contributed by atoms with Crippen molar-refractivity contribution in [1.29, 1.82) is 5.41 Å². The third kappa shape index (κ3) is 2.25. The first-order valence-corrected chi connectivity index (χ1v) is 6.06. The Hall–Kier alpha value is -1.59. The van der Waals surface area contributed by atoms with E-state index in [0.717, 1.165) is 37.3 Å². The van der Waals surface area contributed by atoms with E-state index >= 15 is 0 Å². The maximum absolute atomic E-state index is 12.2. The number of amides is 3. The second-order valence-electron chi connectivity index (χ2n) is 4.60. The molecule has 3 amide bonds. The molecule has 0 aromatic carbocycles. The van der Waals surface area contributed by atoms with E-state index in [1.54, 1.807) is 4.90 Å². The summed E-state index contributed by atoms with van der Waals surface area (Å²) in [5.74, 6) is 0.118. The number of hydrogen-bond donors (Lipinski definition) is 2. The van der Waals surface area contributed by atoms with Crippen LogP contribution < -0.4 is 5.73 Å². The lowest BCUT2D eigenvalue weighted by molar-refractivity contribution is -0.134. The molecule has 2 fully saturated rings. The summed E-state index contributed by atoms with van der Waals surface area (Å²) in [7, 11) is 0. The van der Waals surface area contributed by atoms with Gasteiger partial charge in [0.2, 0.25) is 5.91 Å². The fourth-order valence-electron chi connectivity index (χ4n) is 2.57. The fourth-order valence-corrected chi connectivity index (χ4v) is 2.57. The van der Waals surface area contributed by atoms with Gasteiger partial charge >= 0.3 is 6.03 Å². The number of amidine groups is 1. The molecule has 2 aliphatic heterocycles. The maximum Gasteiger partial charge on any atom is 0.320 e. The summed E-state index contributed by atoms with van der Waals surface area (Å²) in [6, 6.07) is -1.24. The Balaban J connectivity index is 2.13. The van der Waals surface area contributed by atoms with Crippen molar-refractivity contribution in [2.45, 2.75) is 38.1 Å². The fraction of sp³-hybridized carbons (Fsp3) is 0.727. The van der Waals surface area contributed by atoms with Crippen LogP contribution in [0.5, 0.6) is 0 Å². The van der Waals surface area contributed by atoms with Crippen LogP contribution in [-0.2, 0) is 4.79 Å². The van der Waals surface area contributed by atoms with E-state index in [1.165, 1.54) is 0 Å². The van der Waals surface area contributed by atoms with Gasteiger partial charge in [0.15, 0.2) is 0 Å². The van der Waals surface area contributed by atoms with Gasteiger partial charge in [-0.05, 0) is 25.7 Å². The highest BCUT2D eigenvalue weighted by Gasteiger charge is 2.37. The van der Waals surface area contributed by atoms with Crippen LogP contribution in [0.4, 0.5) is 4.79 Å². The predicted molar refractivity (Wildman–Crippen MR) is 62.6 cm³/mol. The molecule has 94 valence electrons. The van der Waals surface area contributed by atoms with E-state index in [4.69, 9.17) is 11.1 Å². The smallest absolute Gasteiger partial charge is 0.320 e. The summed E-state index contributed by atoms with van der Waals surface area (Å²) in [5.41, 5.74) is 5.26. The van der Waals surface area contributed by atoms with Crippen LogP contribution in [-0.4, -0.2) is 46.7 Å². The highest BCUT2D eigenvalue weighted by molar-refractivity contribution is 6.01. The molecule has 17 heavy (non-hydrogen) atoms. The number of primary amides is 1. The molecule has 0 saturated carbocycles. The molecule has 3 N–H and O–H groups in total. The molecule has 0 bridgehead atoms. The lowest BCUT2D eigenvalue weighted by Gasteiger charge is -2.35. The highest BCUT2D eigenvalue weighted by Crippen LogP contribution is 2.21. The Bertz CT molecular complexity index is 349. The van der Waals surface area contributed by atoms with Crippen LogP contribution in [0.15, 0.2) is 0 Å². The number of carbonyl (C=O) groups is 2. The maximum atomic E-state index is 12.2. The Kier molecular flexibility index (Phi) is 3.31. The second kappa shape index (κ2) is 4.73. The van der Waals surface area contributed by atoms with Gasteiger partial charge in [-0.2, -0.15) is 0 Å². The lowest BCUT2D eigenvalue weighted by atomic mass is 10.0. The lowest BCUT2D eigenvalue weighted by Crippen LogP contribution is -2.56. The third-order valence-corrected chi connectivity index (χ3v) is 3.43. The molecule has 2 heterocycles. The van der Waals surface area contributed by atoms with Gasteiger partial charge in [-0.25, -0.2) is 4.79 Å². The van der Waals surface area contributed by atoms with Crippen molar-refractivity contribution in [1.82, 2.24) is 9.80 Å². The van der Waals surface area contributed by atoms with Gasteiger partial charge in [-0.3, -0.25) is 15.1 Å². The third-order valence-electron chi connectivity index (χ3n) is 3.43. The molecule has 0 aromatic rings. The molecule has 2 aliphatic rings. The largest absolute Gasteiger partial charge is 0.351 e. The Morgan fingerprint density at radius 1 is 1.24 bits per heavy atom. The van der Waals surface area contributed by atoms with E-state index < -0.39 is 12.1 Å². The SMILES string of the molecule is N=C1CCCC(C(=O)N2CCCC2)N1C(N)=O. The first-order chi connectivity index (χ1) is 8.11. The number of rotatable bonds is 1. The van der Waals surface area contributed by atoms with Crippen molar-refractivity contribution >= 4 is 17.8 Å². The molecule has 0 aliphatic carbocycles. The average Bonchev–Trinajstić information content (AvgIpc) is 2.80. The number of hydrogen-bond acceptors (Lipinski definition) is 3. The first-order valence-electron chi connectivity index (χ1n) is 6.06. The molecule has 1 atom stereocenters. The van der Waals surface area contributed by atoms with Crippen LogP contribution in [0.3, 0.4) is 0 Å². The van der Waals surface area contributed by atoms with Gasteiger partial charge < -0.3 is 10.6 Å². The molecule has 0 aromatic heterocycles. The summed E-state index contributed by atoms with van der Waals surface area (Å²) < 4.78 is 0. The van der Waals surface area contributed by atoms with Crippen LogP contribution in [0, 0.1) is 5.41 Å². The van der Waals surface area contributed by atoms with Gasteiger partial charge in [-0.15, -0.1) is 0 Å². The number of carbonyl (C=O) groups excluding carboxylic acids is 2. The molecule has 0 spiro atoms. The predicted octanol–water partition coefficient (Wildman–Crippen LogP) is 0.519. The Labute approximate surface area is 100 Å². The number of nitrogens with one attached hydrogen (secondary N) is 1. The molecule has 0 radical (unpaired) electrons. The summed E-state index contributed by atoms with van der Waals surface area (Å²) in [6.45, 7) is 1.52. The number of piperidine rings is 1. The Morgan fingerprint density at radius 2 is 1.88 bits per heavy atom. The summed E-state index contributed by atoms with van der Waals surface area (Å²) >= 11 is 0. The second-order valence-corrected chi connectivity index (χ2v) is 4.60. The van der Waals surface area contributed by atoms with E-state index in [-0.39, 0.29) is 11.7 Å². The topological polar surface area (TPSA) is 90.5 Å². The molecule has 2 saturated heterocycles. The van der Waals surface area contributed by atoms with Gasteiger partial charge in [0.1, 0.15) is 11.9 Å². The van der Waals surface area contributed by atoms with E-state index in [2.05, 4.69) is 0 Å². The quantitative estimate of drug-likeness (QED) is 0.697. The molecule has 6 heteroatoms. The van der Waals surface area contributed by atoms with Gasteiger partial charge in [-0.1, -0.05) is 0 Å². The van der Waals surface area contributed by atoms with Crippen molar-refractivity contribution in [2.24, 2.45) is 5.73 Å². The van der Waals surface area contributed by atoms with Gasteiger partial charge in [0, 0.05) is 19.5 Å². The molecular weight excluding hydrogens is 220 g/mol. The van der Waals surface area contributed by atoms with Crippen LogP contribution in [0.25, 0.3) is 0 Å². The number of nitrogens with zero attached hydrogens (tertiary/aromatic N) is 2. The van der Waals surface area contributed by atoms with Crippen LogP contribution >= 0.6 is 0 Å². The zero-order valence-electron chi connectivity index (χ0n) is 9.82. The minimum atomic E-state index is -0.688. The van der Waals surface area contributed by atoms with Gasteiger partial charge in [0.05, 0.1) is 0 Å². The average molecular weight is 238 g/mol. The monoisotopic (exact) mass is 238 g/mol. The number of urea groups is 1. The van der Waals surface area contributed by atoms with Crippen molar-refractivity contribution in [2.75, 3.05) is 13.1 Å².